The summed E-state index contributed by atoms with van der Waals surface area (Å²) in [5.74, 6) is -0.325. The average molecular weight is 303 g/mol. The van der Waals surface area contributed by atoms with E-state index in [2.05, 4.69) is 0 Å². The zero-order valence-electron chi connectivity index (χ0n) is 11.1. The Hall–Kier alpha value is -1.05. The van der Waals surface area contributed by atoms with Crippen LogP contribution in [0.5, 0.6) is 0 Å². The lowest BCUT2D eigenvalue weighted by Gasteiger charge is -2.13. The summed E-state index contributed by atoms with van der Waals surface area (Å²) in [5.41, 5.74) is 0.0291. The summed E-state index contributed by atoms with van der Waals surface area (Å²) in [6.07, 6.45) is 0.918. The average Bonchev–Trinajstić information content (AvgIpc) is 2.35. The van der Waals surface area contributed by atoms with Gasteiger partial charge in [-0.15, -0.1) is 11.8 Å². The van der Waals surface area contributed by atoms with E-state index < -0.39 is 16.0 Å². The second-order valence-corrected chi connectivity index (χ2v) is 7.39. The van der Waals surface area contributed by atoms with Gasteiger partial charge in [-0.3, -0.25) is 0 Å². The first-order valence-electron chi connectivity index (χ1n) is 5.73. The molecule has 0 aliphatic carbocycles. The maximum Gasteiger partial charge on any atom is 0.336 e. The number of hydrogen-bond donors (Lipinski definition) is 1. The second kappa shape index (κ2) is 6.40. The lowest BCUT2D eigenvalue weighted by atomic mass is 10.2. The van der Waals surface area contributed by atoms with Gasteiger partial charge in [0, 0.05) is 19.0 Å². The molecule has 0 radical (unpaired) electrons. The SMILES string of the molecule is CCCSc1ccc(S(=O)(=O)N(C)C)cc1C(=O)O. The summed E-state index contributed by atoms with van der Waals surface area (Å²) in [5, 5.41) is 9.17. The smallest absolute Gasteiger partial charge is 0.336 e. The van der Waals surface area contributed by atoms with Crippen LogP contribution in [0.3, 0.4) is 0 Å². The van der Waals surface area contributed by atoms with Gasteiger partial charge in [0.1, 0.15) is 0 Å². The van der Waals surface area contributed by atoms with E-state index in [1.807, 2.05) is 6.92 Å². The van der Waals surface area contributed by atoms with Crippen molar-refractivity contribution in [3.63, 3.8) is 0 Å². The molecule has 0 atom stereocenters. The van der Waals surface area contributed by atoms with Gasteiger partial charge in [-0.05, 0) is 30.4 Å². The van der Waals surface area contributed by atoms with Crippen molar-refractivity contribution < 1.29 is 18.3 Å². The number of hydrogen-bond acceptors (Lipinski definition) is 4. The normalized spacial score (nSPS) is 11.8. The molecule has 1 N–H and O–H groups in total. The molecular formula is C12H17NO4S2. The van der Waals surface area contributed by atoms with Crippen molar-refractivity contribution in [2.75, 3.05) is 19.8 Å². The Morgan fingerprint density at radius 2 is 2.00 bits per heavy atom. The van der Waals surface area contributed by atoms with E-state index in [-0.39, 0.29) is 10.5 Å². The minimum Gasteiger partial charge on any atom is -0.478 e. The van der Waals surface area contributed by atoms with Gasteiger partial charge in [0.05, 0.1) is 10.5 Å². The number of nitrogens with zero attached hydrogens (tertiary/aromatic N) is 1. The van der Waals surface area contributed by atoms with Crippen LogP contribution in [-0.4, -0.2) is 43.6 Å². The van der Waals surface area contributed by atoms with E-state index in [0.29, 0.717) is 4.90 Å². The highest BCUT2D eigenvalue weighted by Gasteiger charge is 2.20. The molecule has 0 aliphatic rings. The van der Waals surface area contributed by atoms with E-state index in [4.69, 9.17) is 0 Å². The molecule has 0 unspecified atom stereocenters. The summed E-state index contributed by atoms with van der Waals surface area (Å²) < 4.78 is 25.0. The minimum absolute atomic E-state index is 0.00394. The Kier molecular flexibility index (Phi) is 5.39. The summed E-state index contributed by atoms with van der Waals surface area (Å²) >= 11 is 1.41. The predicted molar refractivity (Wildman–Crippen MR) is 75.3 cm³/mol. The zero-order chi connectivity index (χ0) is 14.6. The fraction of sp³-hybridized carbons (Fsp3) is 0.417. The minimum atomic E-state index is -3.61. The number of benzene rings is 1. The molecule has 19 heavy (non-hydrogen) atoms. The van der Waals surface area contributed by atoms with Crippen LogP contribution in [0, 0.1) is 0 Å². The third-order valence-electron chi connectivity index (χ3n) is 2.42. The second-order valence-electron chi connectivity index (χ2n) is 4.10. The van der Waals surface area contributed by atoms with Crippen molar-refractivity contribution in [1.29, 1.82) is 0 Å². The Morgan fingerprint density at radius 3 is 2.47 bits per heavy atom. The molecule has 7 heteroatoms. The Bertz CT molecular complexity index is 567. The van der Waals surface area contributed by atoms with Gasteiger partial charge in [0.15, 0.2) is 0 Å². The van der Waals surface area contributed by atoms with E-state index in [0.717, 1.165) is 16.5 Å². The molecule has 106 valence electrons. The first kappa shape index (κ1) is 16.0. The third kappa shape index (κ3) is 3.71. The highest BCUT2D eigenvalue weighted by molar-refractivity contribution is 7.99. The van der Waals surface area contributed by atoms with E-state index in [1.54, 1.807) is 6.07 Å². The Morgan fingerprint density at radius 1 is 1.37 bits per heavy atom. The van der Waals surface area contributed by atoms with Crippen LogP contribution in [0.4, 0.5) is 0 Å². The van der Waals surface area contributed by atoms with Crippen molar-refractivity contribution in [3.05, 3.63) is 23.8 Å². The fourth-order valence-corrected chi connectivity index (χ4v) is 3.20. The molecule has 1 aromatic carbocycles. The van der Waals surface area contributed by atoms with E-state index in [1.165, 1.54) is 38.0 Å². The lowest BCUT2D eigenvalue weighted by Crippen LogP contribution is -2.22. The maximum absolute atomic E-state index is 12.0. The lowest BCUT2D eigenvalue weighted by molar-refractivity contribution is 0.0693. The zero-order valence-corrected chi connectivity index (χ0v) is 12.7. The fourth-order valence-electron chi connectivity index (χ4n) is 1.39. The van der Waals surface area contributed by atoms with Crippen LogP contribution < -0.4 is 0 Å². The number of carbonyl (C=O) groups is 1. The van der Waals surface area contributed by atoms with Crippen molar-refractivity contribution in [2.24, 2.45) is 0 Å². The van der Waals surface area contributed by atoms with Crippen molar-refractivity contribution >= 4 is 27.8 Å². The van der Waals surface area contributed by atoms with Crippen LogP contribution >= 0.6 is 11.8 Å². The summed E-state index contributed by atoms with van der Waals surface area (Å²) in [6.45, 7) is 2.00. The van der Waals surface area contributed by atoms with Crippen LogP contribution in [0.15, 0.2) is 28.0 Å². The van der Waals surface area contributed by atoms with E-state index in [9.17, 15) is 18.3 Å². The Balaban J connectivity index is 3.28. The molecule has 5 nitrogen and oxygen atoms in total. The predicted octanol–water partition coefficient (Wildman–Crippen LogP) is 2.14. The number of rotatable bonds is 6. The van der Waals surface area contributed by atoms with E-state index >= 15 is 0 Å². The molecule has 0 fully saturated rings. The first-order chi connectivity index (χ1) is 8.80. The van der Waals surface area contributed by atoms with Crippen molar-refractivity contribution in [1.82, 2.24) is 4.31 Å². The van der Waals surface area contributed by atoms with Gasteiger partial charge in [-0.2, -0.15) is 0 Å². The van der Waals surface area contributed by atoms with Crippen LogP contribution in [0.2, 0.25) is 0 Å². The van der Waals surface area contributed by atoms with Gasteiger partial charge in [0.25, 0.3) is 0 Å². The largest absolute Gasteiger partial charge is 0.478 e. The van der Waals surface area contributed by atoms with Crippen LogP contribution in [0.25, 0.3) is 0 Å². The molecule has 0 aromatic heterocycles. The van der Waals surface area contributed by atoms with Gasteiger partial charge in [-0.1, -0.05) is 6.92 Å². The van der Waals surface area contributed by atoms with Crippen molar-refractivity contribution in [3.8, 4) is 0 Å². The highest BCUT2D eigenvalue weighted by Crippen LogP contribution is 2.27. The maximum atomic E-state index is 12.0. The summed E-state index contributed by atoms with van der Waals surface area (Å²) in [7, 11) is -0.785. The molecule has 0 saturated carbocycles. The first-order valence-corrected chi connectivity index (χ1v) is 8.16. The molecular weight excluding hydrogens is 286 g/mol. The molecule has 0 bridgehead atoms. The number of carboxylic acids is 1. The molecule has 0 saturated heterocycles. The highest BCUT2D eigenvalue weighted by atomic mass is 32.2. The number of sulfonamides is 1. The summed E-state index contributed by atoms with van der Waals surface area (Å²) in [4.78, 5) is 11.8. The molecule has 0 amide bonds. The molecule has 0 spiro atoms. The van der Waals surface area contributed by atoms with Gasteiger partial charge in [0.2, 0.25) is 10.0 Å². The monoisotopic (exact) mass is 303 g/mol. The van der Waals surface area contributed by atoms with Crippen molar-refractivity contribution in [2.45, 2.75) is 23.1 Å². The molecule has 1 rings (SSSR count). The van der Waals surface area contributed by atoms with Gasteiger partial charge >= 0.3 is 5.97 Å². The van der Waals surface area contributed by atoms with Gasteiger partial charge < -0.3 is 5.11 Å². The standard InChI is InChI=1S/C12H17NO4S2/c1-4-7-18-11-6-5-9(8-10(11)12(14)15)19(16,17)13(2)3/h5-6,8H,4,7H2,1-3H3,(H,14,15). The quantitative estimate of drug-likeness (QED) is 0.815. The topological polar surface area (TPSA) is 74.7 Å². The molecule has 1 aromatic rings. The number of aromatic carboxylic acids is 1. The third-order valence-corrected chi connectivity index (χ3v) is 5.51. The number of thioether (sulfide) groups is 1. The molecule has 0 aliphatic heterocycles. The van der Waals surface area contributed by atoms with Gasteiger partial charge in [-0.25, -0.2) is 17.5 Å². The van der Waals surface area contributed by atoms with Crippen LogP contribution in [0.1, 0.15) is 23.7 Å². The van der Waals surface area contributed by atoms with Crippen LogP contribution in [-0.2, 0) is 10.0 Å². The Labute approximate surface area is 117 Å². The number of carboxylic acid groups (broad SMARTS) is 1. The molecule has 0 heterocycles. The summed E-state index contributed by atoms with van der Waals surface area (Å²) in [6, 6.07) is 4.22.